The lowest BCUT2D eigenvalue weighted by Gasteiger charge is -2.17. The van der Waals surface area contributed by atoms with Gasteiger partial charge >= 0.3 is 0 Å². The van der Waals surface area contributed by atoms with E-state index in [0.717, 1.165) is 10.6 Å². The Kier molecular flexibility index (Phi) is 2.90. The molecule has 1 aromatic rings. The lowest BCUT2D eigenvalue weighted by atomic mass is 10.2. The van der Waals surface area contributed by atoms with E-state index >= 15 is 0 Å². The minimum absolute atomic E-state index is 0.362. The number of nitrogens with zero attached hydrogens (tertiary/aromatic N) is 1. The molecule has 0 unspecified atom stereocenters. The Bertz CT molecular complexity index is 439. The van der Waals surface area contributed by atoms with E-state index in [-0.39, 0.29) is 0 Å². The highest BCUT2D eigenvalue weighted by Gasteiger charge is 2.14. The lowest BCUT2D eigenvalue weighted by molar-refractivity contribution is 0.112. The van der Waals surface area contributed by atoms with Crippen molar-refractivity contribution >= 4 is 22.0 Å². The van der Waals surface area contributed by atoms with Gasteiger partial charge in [-0.15, -0.1) is 0 Å². The topological polar surface area (TPSA) is 54.5 Å². The molecular weight excluding hydrogens is 202 g/mol. The molecule has 0 fully saturated rings. The molecule has 1 aromatic carbocycles. The molecule has 0 atom stereocenters. The number of rotatable bonds is 3. The first-order chi connectivity index (χ1) is 6.46. The number of carbonyl (C=O) groups excluding carboxylic acids is 1. The lowest BCUT2D eigenvalue weighted by Crippen LogP contribution is -2.25. The van der Waals surface area contributed by atoms with Crippen LogP contribution in [0.25, 0.3) is 0 Å². The Hall–Kier alpha value is -1.36. The highest BCUT2D eigenvalue weighted by Crippen LogP contribution is 2.19. The fourth-order valence-electron chi connectivity index (χ4n) is 1.05. The molecule has 0 N–H and O–H groups in total. The summed E-state index contributed by atoms with van der Waals surface area (Å²) in [6.07, 6.45) is 1.73. The quantitative estimate of drug-likeness (QED) is 0.701. The van der Waals surface area contributed by atoms with Gasteiger partial charge in [0.15, 0.2) is 6.29 Å². The van der Waals surface area contributed by atoms with Gasteiger partial charge in [0.1, 0.15) is 0 Å². The summed E-state index contributed by atoms with van der Waals surface area (Å²) in [5.41, 5.74) is 0.755. The number of anilines is 1. The maximum Gasteiger partial charge on any atom is 0.232 e. The number of para-hydroxylation sites is 1. The Morgan fingerprint density at radius 2 is 1.86 bits per heavy atom. The van der Waals surface area contributed by atoms with Crippen LogP contribution in [0.1, 0.15) is 10.4 Å². The second-order valence-corrected chi connectivity index (χ2v) is 4.92. The zero-order chi connectivity index (χ0) is 10.8. The standard InChI is InChI=1S/C9H11NO3S/c1-10(14(2,12)13)9-6-4-3-5-8(9)7-11/h3-7H,1-2H3. The van der Waals surface area contributed by atoms with Crippen LogP contribution in [0.4, 0.5) is 5.69 Å². The molecule has 0 aliphatic carbocycles. The molecule has 4 nitrogen and oxygen atoms in total. The molecule has 0 spiro atoms. The van der Waals surface area contributed by atoms with Gasteiger partial charge in [-0.1, -0.05) is 12.1 Å². The van der Waals surface area contributed by atoms with Gasteiger partial charge in [0.2, 0.25) is 10.0 Å². The fourth-order valence-corrected chi connectivity index (χ4v) is 1.58. The van der Waals surface area contributed by atoms with Crippen molar-refractivity contribution in [3.8, 4) is 0 Å². The summed E-state index contributed by atoms with van der Waals surface area (Å²) < 4.78 is 23.5. The molecule has 76 valence electrons. The Balaban J connectivity index is 3.26. The van der Waals surface area contributed by atoms with E-state index in [4.69, 9.17) is 0 Å². The van der Waals surface area contributed by atoms with Crippen LogP contribution < -0.4 is 4.31 Å². The molecule has 0 radical (unpaired) electrons. The molecule has 0 bridgehead atoms. The highest BCUT2D eigenvalue weighted by molar-refractivity contribution is 7.92. The van der Waals surface area contributed by atoms with Crippen LogP contribution in [-0.2, 0) is 10.0 Å². The van der Waals surface area contributed by atoms with E-state index in [1.165, 1.54) is 7.05 Å². The molecule has 0 heterocycles. The third-order valence-corrected chi connectivity index (χ3v) is 3.09. The van der Waals surface area contributed by atoms with Crippen LogP contribution in [0.2, 0.25) is 0 Å². The van der Waals surface area contributed by atoms with Crippen molar-refractivity contribution in [1.82, 2.24) is 0 Å². The van der Waals surface area contributed by atoms with Gasteiger partial charge in [0.25, 0.3) is 0 Å². The van der Waals surface area contributed by atoms with Crippen molar-refractivity contribution in [3.63, 3.8) is 0 Å². The minimum Gasteiger partial charge on any atom is -0.298 e. The molecule has 0 saturated carbocycles. The summed E-state index contributed by atoms with van der Waals surface area (Å²) >= 11 is 0. The summed E-state index contributed by atoms with van der Waals surface area (Å²) in [6.45, 7) is 0. The van der Waals surface area contributed by atoms with Crippen LogP contribution in [0.5, 0.6) is 0 Å². The summed E-state index contributed by atoms with van der Waals surface area (Å²) in [5.74, 6) is 0. The summed E-state index contributed by atoms with van der Waals surface area (Å²) in [4.78, 5) is 10.6. The fraction of sp³-hybridized carbons (Fsp3) is 0.222. The first-order valence-electron chi connectivity index (χ1n) is 3.95. The number of hydrogen-bond acceptors (Lipinski definition) is 3. The molecule has 0 aliphatic heterocycles. The van der Waals surface area contributed by atoms with E-state index < -0.39 is 10.0 Å². The summed E-state index contributed by atoms with van der Waals surface area (Å²) in [5, 5.41) is 0. The van der Waals surface area contributed by atoms with Gasteiger partial charge in [-0.05, 0) is 12.1 Å². The van der Waals surface area contributed by atoms with Gasteiger partial charge < -0.3 is 0 Å². The van der Waals surface area contributed by atoms with E-state index in [1.807, 2.05) is 0 Å². The van der Waals surface area contributed by atoms with Crippen molar-refractivity contribution in [3.05, 3.63) is 29.8 Å². The Morgan fingerprint density at radius 3 is 2.36 bits per heavy atom. The van der Waals surface area contributed by atoms with Gasteiger partial charge in [0, 0.05) is 12.6 Å². The second-order valence-electron chi connectivity index (χ2n) is 2.91. The van der Waals surface area contributed by atoms with Crippen LogP contribution in [0.15, 0.2) is 24.3 Å². The van der Waals surface area contributed by atoms with Crippen molar-refractivity contribution in [2.45, 2.75) is 0 Å². The van der Waals surface area contributed by atoms with Crippen molar-refractivity contribution < 1.29 is 13.2 Å². The smallest absolute Gasteiger partial charge is 0.232 e. The van der Waals surface area contributed by atoms with E-state index in [2.05, 4.69) is 0 Å². The summed E-state index contributed by atoms with van der Waals surface area (Å²) in [6, 6.07) is 6.53. The second kappa shape index (κ2) is 3.79. The number of aldehydes is 1. The number of benzene rings is 1. The number of sulfonamides is 1. The monoisotopic (exact) mass is 213 g/mol. The molecule has 0 amide bonds. The predicted molar refractivity (Wildman–Crippen MR) is 55.1 cm³/mol. The molecule has 0 aromatic heterocycles. The van der Waals surface area contributed by atoms with Gasteiger partial charge in [0.05, 0.1) is 11.9 Å². The molecular formula is C9H11NO3S. The third kappa shape index (κ3) is 2.11. The van der Waals surface area contributed by atoms with E-state index in [0.29, 0.717) is 17.5 Å². The van der Waals surface area contributed by atoms with Crippen LogP contribution in [0.3, 0.4) is 0 Å². The average Bonchev–Trinajstić information content (AvgIpc) is 2.15. The zero-order valence-corrected chi connectivity index (χ0v) is 8.78. The number of carbonyl (C=O) groups is 1. The third-order valence-electron chi connectivity index (χ3n) is 1.90. The van der Waals surface area contributed by atoms with Gasteiger partial charge in [-0.25, -0.2) is 8.42 Å². The van der Waals surface area contributed by atoms with E-state index in [9.17, 15) is 13.2 Å². The van der Waals surface area contributed by atoms with Crippen molar-refractivity contribution in [2.24, 2.45) is 0 Å². The Labute approximate surface area is 83.2 Å². The minimum atomic E-state index is -3.31. The molecule has 1 rings (SSSR count). The average molecular weight is 213 g/mol. The van der Waals surface area contributed by atoms with Crippen molar-refractivity contribution in [2.75, 3.05) is 17.6 Å². The van der Waals surface area contributed by atoms with Crippen LogP contribution in [0, 0.1) is 0 Å². The van der Waals surface area contributed by atoms with Crippen LogP contribution in [-0.4, -0.2) is 28.0 Å². The largest absolute Gasteiger partial charge is 0.298 e. The molecule has 0 saturated heterocycles. The predicted octanol–water partition coefficient (Wildman–Crippen LogP) is 0.895. The molecule has 5 heteroatoms. The first kappa shape index (κ1) is 10.7. The maximum atomic E-state index is 11.2. The highest BCUT2D eigenvalue weighted by atomic mass is 32.2. The van der Waals surface area contributed by atoms with Gasteiger partial charge in [-0.3, -0.25) is 9.10 Å². The van der Waals surface area contributed by atoms with Gasteiger partial charge in [-0.2, -0.15) is 0 Å². The summed E-state index contributed by atoms with van der Waals surface area (Å²) in [7, 11) is -1.90. The molecule has 0 aliphatic rings. The molecule has 14 heavy (non-hydrogen) atoms. The van der Waals surface area contributed by atoms with Crippen molar-refractivity contribution in [1.29, 1.82) is 0 Å². The normalized spacial score (nSPS) is 11.0. The maximum absolute atomic E-state index is 11.2. The number of hydrogen-bond donors (Lipinski definition) is 0. The first-order valence-corrected chi connectivity index (χ1v) is 5.80. The Morgan fingerprint density at radius 1 is 1.29 bits per heavy atom. The van der Waals surface area contributed by atoms with Crippen LogP contribution >= 0.6 is 0 Å². The van der Waals surface area contributed by atoms with E-state index in [1.54, 1.807) is 24.3 Å². The zero-order valence-electron chi connectivity index (χ0n) is 7.97. The SMILES string of the molecule is CN(c1ccccc1C=O)S(C)(=O)=O.